The quantitative estimate of drug-likeness (QED) is 0.243. The summed E-state index contributed by atoms with van der Waals surface area (Å²) >= 11 is 0. The fourth-order valence-corrected chi connectivity index (χ4v) is 4.69. The number of carbonyl (C=O) groups excluding carboxylic acids is 1. The van der Waals surface area contributed by atoms with E-state index in [1.54, 1.807) is 7.11 Å². The van der Waals surface area contributed by atoms with Gasteiger partial charge in [-0.2, -0.15) is 0 Å². The minimum atomic E-state index is -0.467. The first-order valence-electron chi connectivity index (χ1n) is 12.2. The van der Waals surface area contributed by atoms with Crippen LogP contribution < -0.4 is 0 Å². The van der Waals surface area contributed by atoms with E-state index in [9.17, 15) is 15.0 Å². The Bertz CT molecular complexity index is 672. The number of rotatable bonds is 14. The van der Waals surface area contributed by atoms with Crippen LogP contribution in [0.3, 0.4) is 0 Å². The van der Waals surface area contributed by atoms with Gasteiger partial charge in [-0.3, -0.25) is 4.79 Å². The van der Waals surface area contributed by atoms with Crippen molar-refractivity contribution in [3.63, 3.8) is 0 Å². The fourth-order valence-electron chi connectivity index (χ4n) is 4.69. The highest BCUT2D eigenvalue weighted by Crippen LogP contribution is 2.38. The van der Waals surface area contributed by atoms with Crippen molar-refractivity contribution in [3.05, 3.63) is 48.0 Å². The van der Waals surface area contributed by atoms with E-state index in [1.165, 1.54) is 5.56 Å². The van der Waals surface area contributed by atoms with Crippen molar-refractivity contribution in [1.82, 2.24) is 0 Å². The van der Waals surface area contributed by atoms with Gasteiger partial charge in [-0.25, -0.2) is 0 Å². The van der Waals surface area contributed by atoms with E-state index in [0.717, 1.165) is 44.9 Å². The molecule has 1 saturated carbocycles. The summed E-state index contributed by atoms with van der Waals surface area (Å²) in [4.78, 5) is 11.6. The Kier molecular flexibility index (Phi) is 12.0. The number of aryl methyl sites for hydroxylation is 1. The highest BCUT2D eigenvalue weighted by atomic mass is 16.5. The zero-order chi connectivity index (χ0) is 23.3. The maximum atomic E-state index is 11.6. The first-order chi connectivity index (χ1) is 15.4. The number of benzene rings is 1. The van der Waals surface area contributed by atoms with Crippen LogP contribution in [0.2, 0.25) is 0 Å². The summed E-state index contributed by atoms with van der Waals surface area (Å²) in [5.41, 5.74) is 1.31. The molecule has 0 heterocycles. The van der Waals surface area contributed by atoms with E-state index >= 15 is 0 Å². The number of aliphatic hydroxyl groups is 2. The van der Waals surface area contributed by atoms with Crippen molar-refractivity contribution in [2.24, 2.45) is 11.8 Å². The van der Waals surface area contributed by atoms with Crippen LogP contribution in [0.1, 0.15) is 70.8 Å². The van der Waals surface area contributed by atoms with Crippen LogP contribution in [0, 0.1) is 11.8 Å². The summed E-state index contributed by atoms with van der Waals surface area (Å²) in [7, 11) is 1.76. The molecule has 1 aromatic carbocycles. The molecule has 1 fully saturated rings. The number of allylic oxidation sites excluding steroid dienone is 2. The van der Waals surface area contributed by atoms with E-state index in [2.05, 4.69) is 36.4 Å². The number of carbonyl (C=O) groups is 1. The number of methoxy groups -OCH3 is 1. The molecule has 0 aliphatic heterocycles. The van der Waals surface area contributed by atoms with Gasteiger partial charge in [0.15, 0.2) is 0 Å². The lowest BCUT2D eigenvalue weighted by Crippen LogP contribution is -2.24. The molecule has 0 bridgehead atoms. The van der Waals surface area contributed by atoms with E-state index < -0.39 is 12.2 Å². The Morgan fingerprint density at radius 1 is 1.09 bits per heavy atom. The Balaban J connectivity index is 1.75. The lowest BCUT2D eigenvalue weighted by atomic mass is 9.85. The van der Waals surface area contributed by atoms with Crippen LogP contribution in [-0.4, -0.2) is 47.7 Å². The molecule has 0 aromatic heterocycles. The molecule has 1 aliphatic carbocycles. The maximum absolute atomic E-state index is 11.6. The highest BCUT2D eigenvalue weighted by Gasteiger charge is 2.40. The van der Waals surface area contributed by atoms with E-state index in [1.807, 2.05) is 19.9 Å². The second kappa shape index (κ2) is 14.5. The van der Waals surface area contributed by atoms with Gasteiger partial charge in [-0.05, 0) is 82.6 Å². The first kappa shape index (κ1) is 26.6. The second-order valence-corrected chi connectivity index (χ2v) is 9.30. The third-order valence-electron chi connectivity index (χ3n) is 6.47. The summed E-state index contributed by atoms with van der Waals surface area (Å²) < 4.78 is 10.8. The van der Waals surface area contributed by atoms with Gasteiger partial charge in [0.1, 0.15) is 0 Å². The molecule has 0 amide bonds. The number of ether oxygens (including phenoxy) is 2. The molecule has 5 heteroatoms. The number of unbranched alkanes of at least 4 members (excludes halogenated alkanes) is 1. The SMILES string of the molecule is COC(CCc1ccccc1)CCC1C(O)CC(O)C1CC=CCCCC(=O)OC(C)C. The van der Waals surface area contributed by atoms with Gasteiger partial charge in [0, 0.05) is 13.5 Å². The number of esters is 1. The van der Waals surface area contributed by atoms with E-state index in [4.69, 9.17) is 9.47 Å². The minimum absolute atomic E-state index is 0.0682. The molecule has 5 atom stereocenters. The predicted octanol–water partition coefficient (Wildman–Crippen LogP) is 4.84. The van der Waals surface area contributed by atoms with E-state index in [0.29, 0.717) is 12.8 Å². The van der Waals surface area contributed by atoms with Gasteiger partial charge in [0.2, 0.25) is 0 Å². The Hall–Kier alpha value is -1.69. The van der Waals surface area contributed by atoms with Crippen molar-refractivity contribution in [1.29, 1.82) is 0 Å². The summed E-state index contributed by atoms with van der Waals surface area (Å²) in [6.45, 7) is 3.71. The number of aliphatic hydroxyl groups excluding tert-OH is 2. The average molecular weight is 447 g/mol. The summed E-state index contributed by atoms with van der Waals surface area (Å²) in [5, 5.41) is 21.0. The molecular formula is C27H42O5. The summed E-state index contributed by atoms with van der Waals surface area (Å²) in [6, 6.07) is 10.4. The Labute approximate surface area is 193 Å². The van der Waals surface area contributed by atoms with Gasteiger partial charge < -0.3 is 19.7 Å². The van der Waals surface area contributed by atoms with Gasteiger partial charge in [-0.1, -0.05) is 42.5 Å². The molecule has 2 N–H and O–H groups in total. The van der Waals surface area contributed by atoms with Crippen LogP contribution in [0.25, 0.3) is 0 Å². The molecule has 0 radical (unpaired) electrons. The summed E-state index contributed by atoms with van der Waals surface area (Å²) in [6.07, 6.45) is 10.2. The van der Waals surface area contributed by atoms with Gasteiger partial charge in [-0.15, -0.1) is 0 Å². The maximum Gasteiger partial charge on any atom is 0.306 e. The largest absolute Gasteiger partial charge is 0.463 e. The third-order valence-corrected chi connectivity index (χ3v) is 6.47. The zero-order valence-electron chi connectivity index (χ0n) is 20.0. The minimum Gasteiger partial charge on any atom is -0.463 e. The molecule has 32 heavy (non-hydrogen) atoms. The van der Waals surface area contributed by atoms with Crippen molar-refractivity contribution < 1.29 is 24.5 Å². The average Bonchev–Trinajstić information content (AvgIpc) is 3.03. The Morgan fingerprint density at radius 2 is 1.81 bits per heavy atom. The first-order valence-corrected chi connectivity index (χ1v) is 12.2. The lowest BCUT2D eigenvalue weighted by Gasteiger charge is -2.24. The van der Waals surface area contributed by atoms with Gasteiger partial charge >= 0.3 is 5.97 Å². The van der Waals surface area contributed by atoms with Crippen molar-refractivity contribution in [2.45, 2.75) is 96.1 Å². The van der Waals surface area contributed by atoms with Crippen LogP contribution in [0.4, 0.5) is 0 Å². The molecule has 180 valence electrons. The molecule has 2 rings (SSSR count). The van der Waals surface area contributed by atoms with Crippen LogP contribution in [-0.2, 0) is 20.7 Å². The molecule has 1 aromatic rings. The Morgan fingerprint density at radius 3 is 2.50 bits per heavy atom. The molecular weight excluding hydrogens is 404 g/mol. The topological polar surface area (TPSA) is 76.0 Å². The third kappa shape index (κ3) is 9.43. The van der Waals surface area contributed by atoms with Crippen molar-refractivity contribution in [2.75, 3.05) is 7.11 Å². The highest BCUT2D eigenvalue weighted by molar-refractivity contribution is 5.69. The molecule has 5 nitrogen and oxygen atoms in total. The van der Waals surface area contributed by atoms with Crippen LogP contribution >= 0.6 is 0 Å². The smallest absolute Gasteiger partial charge is 0.306 e. The number of hydrogen-bond donors (Lipinski definition) is 2. The normalized spacial score (nSPS) is 24.3. The van der Waals surface area contributed by atoms with Crippen molar-refractivity contribution in [3.8, 4) is 0 Å². The monoisotopic (exact) mass is 446 g/mol. The van der Waals surface area contributed by atoms with Gasteiger partial charge in [0.25, 0.3) is 0 Å². The van der Waals surface area contributed by atoms with Crippen molar-refractivity contribution >= 4 is 5.97 Å². The predicted molar refractivity (Wildman–Crippen MR) is 127 cm³/mol. The fraction of sp³-hybridized carbons (Fsp3) is 0.667. The summed E-state index contributed by atoms with van der Waals surface area (Å²) in [5.74, 6) is 0.00611. The zero-order valence-corrected chi connectivity index (χ0v) is 20.0. The standard InChI is InChI=1S/C27H42O5/c1-20(2)32-27(30)14-10-5-4-9-13-23-24(26(29)19-25(23)28)18-17-22(31-3)16-15-21-11-7-6-8-12-21/h4,6-9,11-12,20,22-26,28-29H,5,10,13-19H2,1-3H3. The molecule has 5 unspecified atom stereocenters. The second-order valence-electron chi connectivity index (χ2n) is 9.30. The molecule has 1 aliphatic rings. The van der Waals surface area contributed by atoms with E-state index in [-0.39, 0.29) is 30.0 Å². The molecule has 0 saturated heterocycles. The van der Waals surface area contributed by atoms with Crippen LogP contribution in [0.15, 0.2) is 42.5 Å². The van der Waals surface area contributed by atoms with Gasteiger partial charge in [0.05, 0.1) is 24.4 Å². The number of hydrogen-bond acceptors (Lipinski definition) is 5. The van der Waals surface area contributed by atoms with Crippen LogP contribution in [0.5, 0.6) is 0 Å². The molecule has 0 spiro atoms. The lowest BCUT2D eigenvalue weighted by molar-refractivity contribution is -0.147.